The van der Waals surface area contributed by atoms with Gasteiger partial charge in [0, 0.05) is 32.0 Å². The highest BCUT2D eigenvalue weighted by molar-refractivity contribution is 5.83. The first-order chi connectivity index (χ1) is 20.0. The molecule has 0 spiro atoms. The van der Waals surface area contributed by atoms with E-state index in [-0.39, 0.29) is 0 Å². The second-order valence-corrected chi connectivity index (χ2v) is 11.1. The van der Waals surface area contributed by atoms with E-state index in [1.54, 1.807) is 22.1 Å². The molecule has 10 nitrogen and oxygen atoms in total. The van der Waals surface area contributed by atoms with Crippen molar-refractivity contribution in [3.63, 3.8) is 0 Å². The molecule has 2 fully saturated rings. The lowest BCUT2D eigenvalue weighted by atomic mass is 10.1. The average Bonchev–Trinajstić information content (AvgIpc) is 3.52. The number of aliphatic imine (C=N–C) groups is 1. The molecule has 1 aromatic carbocycles. The first kappa shape index (κ1) is 27.2. The van der Waals surface area contributed by atoms with Gasteiger partial charge in [-0.25, -0.2) is 15.8 Å². The van der Waals surface area contributed by atoms with Gasteiger partial charge < -0.3 is 15.2 Å². The Labute approximate surface area is 240 Å². The molecule has 2 aromatic heterocycles. The molecular weight excluding hydrogens is 516 g/mol. The Bertz CT molecular complexity index is 1450. The van der Waals surface area contributed by atoms with Crippen LogP contribution < -0.4 is 16.6 Å². The largest absolute Gasteiger partial charge is 0.492 e. The predicted molar refractivity (Wildman–Crippen MR) is 160 cm³/mol. The minimum Gasteiger partial charge on any atom is -0.492 e. The zero-order chi connectivity index (χ0) is 28.2. The second kappa shape index (κ2) is 12.2. The van der Waals surface area contributed by atoms with Gasteiger partial charge in [-0.15, -0.1) is 0 Å². The number of nitrogens with zero attached hydrogens (tertiary/aromatic N) is 6. The Kier molecular flexibility index (Phi) is 8.11. The van der Waals surface area contributed by atoms with Crippen LogP contribution in [-0.2, 0) is 23.1 Å². The van der Waals surface area contributed by atoms with Gasteiger partial charge in [0.2, 0.25) is 0 Å². The van der Waals surface area contributed by atoms with Crippen LogP contribution in [0.5, 0.6) is 0 Å². The molecule has 10 heteroatoms. The van der Waals surface area contributed by atoms with Crippen molar-refractivity contribution >= 4 is 23.4 Å². The van der Waals surface area contributed by atoms with Crippen LogP contribution in [0.4, 0.5) is 11.5 Å². The Morgan fingerprint density at radius 2 is 1.93 bits per heavy atom. The van der Waals surface area contributed by atoms with Crippen molar-refractivity contribution < 1.29 is 9.47 Å². The van der Waals surface area contributed by atoms with E-state index in [9.17, 15) is 0 Å². The standard InChI is InChI=1S/C31H38N8O2/c1-38-20-23(16-36-38)30-35-18-28(32)31(37-30)39(33)19-21-5-4-6-22(15-21)29-8-3-2-7-24(17-34-29)41-14-11-27-25-9-12-40-13-10-26(25)27/h4-8,15-18,20,25-27H,2-3,9-14,19,32-33H2,1H3. The molecular formula is C31H38N8O2. The molecule has 6 rings (SSSR count). The molecule has 1 aliphatic carbocycles. The van der Waals surface area contributed by atoms with Gasteiger partial charge in [0.1, 0.15) is 5.76 Å². The summed E-state index contributed by atoms with van der Waals surface area (Å²) < 4.78 is 13.5. The third-order valence-corrected chi connectivity index (χ3v) is 8.21. The lowest BCUT2D eigenvalue weighted by Crippen LogP contribution is -2.32. The summed E-state index contributed by atoms with van der Waals surface area (Å²) in [5.41, 5.74) is 10.4. The molecule has 0 radical (unpaired) electrons. The number of aryl methyl sites for hydroxylation is 1. The van der Waals surface area contributed by atoms with Crippen LogP contribution in [0.15, 0.2) is 65.8 Å². The molecule has 1 saturated carbocycles. The molecule has 2 aliphatic heterocycles. The first-order valence-electron chi connectivity index (χ1n) is 14.4. The number of hydrogen-bond donors (Lipinski definition) is 2. The highest BCUT2D eigenvalue weighted by Crippen LogP contribution is 2.53. The van der Waals surface area contributed by atoms with Crippen molar-refractivity contribution in [2.45, 2.75) is 38.6 Å². The molecule has 214 valence electrons. The lowest BCUT2D eigenvalue weighted by Gasteiger charge is -2.20. The Morgan fingerprint density at radius 1 is 1.10 bits per heavy atom. The number of aromatic nitrogens is 4. The molecule has 4 heterocycles. The van der Waals surface area contributed by atoms with Gasteiger partial charge in [0.05, 0.1) is 48.7 Å². The molecule has 41 heavy (non-hydrogen) atoms. The number of hydrogen-bond acceptors (Lipinski definition) is 9. The maximum atomic E-state index is 6.46. The fraction of sp³-hybridized carbons (Fsp3) is 0.419. The number of anilines is 2. The zero-order valence-electron chi connectivity index (χ0n) is 23.5. The Morgan fingerprint density at radius 3 is 2.73 bits per heavy atom. The monoisotopic (exact) mass is 554 g/mol. The minimum atomic E-state index is 0.410. The fourth-order valence-corrected chi connectivity index (χ4v) is 6.02. The number of rotatable bonds is 9. The fourth-order valence-electron chi connectivity index (χ4n) is 6.02. The molecule has 3 aliphatic rings. The van der Waals surface area contributed by atoms with Crippen LogP contribution in [0, 0.1) is 17.8 Å². The predicted octanol–water partition coefficient (Wildman–Crippen LogP) is 4.51. The zero-order valence-corrected chi connectivity index (χ0v) is 23.5. The van der Waals surface area contributed by atoms with Gasteiger partial charge >= 0.3 is 0 Å². The van der Waals surface area contributed by atoms with Crippen LogP contribution in [0.2, 0.25) is 0 Å². The number of fused-ring (bicyclic) bond motifs is 1. The highest BCUT2D eigenvalue weighted by atomic mass is 16.5. The van der Waals surface area contributed by atoms with E-state index in [4.69, 9.17) is 26.0 Å². The van der Waals surface area contributed by atoms with Gasteiger partial charge in [0.25, 0.3) is 0 Å². The van der Waals surface area contributed by atoms with Crippen LogP contribution in [0.1, 0.15) is 43.2 Å². The van der Waals surface area contributed by atoms with E-state index in [0.717, 1.165) is 85.0 Å². The Hall–Kier alpha value is -4.02. The van der Waals surface area contributed by atoms with E-state index in [1.807, 2.05) is 31.6 Å². The molecule has 0 bridgehead atoms. The number of hydrazine groups is 1. The first-order valence-corrected chi connectivity index (χ1v) is 14.4. The van der Waals surface area contributed by atoms with Crippen LogP contribution in [0.3, 0.4) is 0 Å². The van der Waals surface area contributed by atoms with Gasteiger partial charge in [0.15, 0.2) is 11.6 Å². The normalized spacial score (nSPS) is 22.0. The Balaban J connectivity index is 1.08. The number of benzene rings is 1. The summed E-state index contributed by atoms with van der Waals surface area (Å²) in [7, 11) is 1.85. The van der Waals surface area contributed by atoms with Crippen LogP contribution >= 0.6 is 0 Å². The van der Waals surface area contributed by atoms with Crippen molar-refractivity contribution in [1.82, 2.24) is 19.7 Å². The van der Waals surface area contributed by atoms with Gasteiger partial charge in [-0.05, 0) is 67.6 Å². The quantitative estimate of drug-likeness (QED) is 0.292. The average molecular weight is 555 g/mol. The van der Waals surface area contributed by atoms with E-state index < -0.39 is 0 Å². The summed E-state index contributed by atoms with van der Waals surface area (Å²) in [6.45, 7) is 2.99. The highest BCUT2D eigenvalue weighted by Gasteiger charge is 2.49. The molecule has 1 saturated heterocycles. The number of nitrogen functional groups attached to an aromatic ring is 1. The smallest absolute Gasteiger partial charge is 0.170 e. The van der Waals surface area contributed by atoms with Crippen molar-refractivity contribution in [2.75, 3.05) is 30.6 Å². The van der Waals surface area contributed by atoms with E-state index in [0.29, 0.717) is 23.9 Å². The summed E-state index contributed by atoms with van der Waals surface area (Å²) in [6.07, 6.45) is 16.6. The number of allylic oxidation sites excluding steroid dienone is 3. The van der Waals surface area contributed by atoms with E-state index in [1.165, 1.54) is 12.8 Å². The summed E-state index contributed by atoms with van der Waals surface area (Å²) in [4.78, 5) is 13.8. The third kappa shape index (κ3) is 6.49. The van der Waals surface area contributed by atoms with Crippen molar-refractivity contribution in [3.05, 3.63) is 71.9 Å². The minimum absolute atomic E-state index is 0.410. The van der Waals surface area contributed by atoms with Gasteiger partial charge in [-0.2, -0.15) is 5.10 Å². The van der Waals surface area contributed by atoms with Crippen molar-refractivity contribution in [2.24, 2.45) is 35.6 Å². The van der Waals surface area contributed by atoms with Gasteiger partial charge in [-0.3, -0.25) is 14.7 Å². The topological polar surface area (TPSA) is 130 Å². The molecule has 3 aromatic rings. The summed E-state index contributed by atoms with van der Waals surface area (Å²) in [5.74, 6) is 10.8. The maximum Gasteiger partial charge on any atom is 0.170 e. The van der Waals surface area contributed by atoms with Crippen molar-refractivity contribution in [1.29, 1.82) is 0 Å². The molecule has 2 atom stereocenters. The van der Waals surface area contributed by atoms with Gasteiger partial charge in [-0.1, -0.05) is 24.3 Å². The van der Waals surface area contributed by atoms with Crippen LogP contribution in [0.25, 0.3) is 17.1 Å². The summed E-state index contributed by atoms with van der Waals surface area (Å²) in [6, 6.07) is 8.23. The lowest BCUT2D eigenvalue weighted by molar-refractivity contribution is 0.130. The molecule has 4 N–H and O–H groups in total. The molecule has 0 amide bonds. The van der Waals surface area contributed by atoms with E-state index in [2.05, 4.69) is 39.4 Å². The van der Waals surface area contributed by atoms with Crippen molar-refractivity contribution in [3.8, 4) is 11.4 Å². The number of nitrogens with two attached hydrogens (primary N) is 2. The molecule has 2 unspecified atom stereocenters. The van der Waals surface area contributed by atoms with E-state index >= 15 is 0 Å². The SMILES string of the molecule is Cn1cc(-c2ncc(N)c(N(N)Cc3cccc(C4=CCCC=C(OCCC5C6CCOCCC65)C=N4)c3)n2)cn1. The third-order valence-electron chi connectivity index (χ3n) is 8.21. The second-order valence-electron chi connectivity index (χ2n) is 11.1. The van der Waals surface area contributed by atoms with Crippen LogP contribution in [-0.4, -0.2) is 45.8 Å². The maximum absolute atomic E-state index is 6.46. The summed E-state index contributed by atoms with van der Waals surface area (Å²) in [5, 5.41) is 5.75. The summed E-state index contributed by atoms with van der Waals surface area (Å²) >= 11 is 0. The number of ether oxygens (including phenoxy) is 2.